The third-order valence-corrected chi connectivity index (χ3v) is 2.56. The summed E-state index contributed by atoms with van der Waals surface area (Å²) in [5, 5.41) is 3.66. The van der Waals surface area contributed by atoms with E-state index in [-0.39, 0.29) is 5.97 Å². The number of rotatable bonds is 6. The van der Waals surface area contributed by atoms with E-state index < -0.39 is 0 Å². The van der Waals surface area contributed by atoms with E-state index in [2.05, 4.69) is 5.32 Å². The Bertz CT molecular complexity index is 383. The first-order valence-electron chi connectivity index (χ1n) is 5.58. The predicted molar refractivity (Wildman–Crippen MR) is 70.2 cm³/mol. The maximum Gasteiger partial charge on any atom is 0.305 e. The zero-order chi connectivity index (χ0) is 12.7. The Morgan fingerprint density at radius 1 is 1.53 bits per heavy atom. The Morgan fingerprint density at radius 2 is 2.29 bits per heavy atom. The second-order valence-electron chi connectivity index (χ2n) is 3.54. The van der Waals surface area contributed by atoms with E-state index in [4.69, 9.17) is 22.1 Å². The highest BCUT2D eigenvalue weighted by atomic mass is 35.5. The maximum atomic E-state index is 11.1. The van der Waals surface area contributed by atoms with Crippen LogP contribution in [0.2, 0.25) is 5.02 Å². The number of hydrogen-bond acceptors (Lipinski definition) is 4. The van der Waals surface area contributed by atoms with Gasteiger partial charge in [0.05, 0.1) is 23.0 Å². The SMILES string of the molecule is CCOC(=O)CCCNc1cccc(Cl)c1N. The maximum absolute atomic E-state index is 11.1. The molecule has 0 radical (unpaired) electrons. The van der Waals surface area contributed by atoms with Crippen molar-refractivity contribution in [2.24, 2.45) is 0 Å². The zero-order valence-electron chi connectivity index (χ0n) is 9.83. The minimum atomic E-state index is -0.173. The van der Waals surface area contributed by atoms with Crippen LogP contribution in [0.25, 0.3) is 0 Å². The van der Waals surface area contributed by atoms with Gasteiger partial charge in [-0.25, -0.2) is 0 Å². The summed E-state index contributed by atoms with van der Waals surface area (Å²) in [6, 6.07) is 5.42. The van der Waals surface area contributed by atoms with Crippen LogP contribution in [-0.2, 0) is 9.53 Å². The Labute approximate surface area is 106 Å². The van der Waals surface area contributed by atoms with Crippen LogP contribution in [0, 0.1) is 0 Å². The number of benzene rings is 1. The van der Waals surface area contributed by atoms with Gasteiger partial charge in [0.2, 0.25) is 0 Å². The fourth-order valence-corrected chi connectivity index (χ4v) is 1.55. The number of anilines is 2. The van der Waals surface area contributed by atoms with Crippen molar-refractivity contribution in [2.45, 2.75) is 19.8 Å². The third kappa shape index (κ3) is 4.53. The first-order chi connectivity index (χ1) is 8.15. The minimum Gasteiger partial charge on any atom is -0.466 e. The minimum absolute atomic E-state index is 0.173. The molecule has 1 aromatic rings. The van der Waals surface area contributed by atoms with Crippen LogP contribution in [0.1, 0.15) is 19.8 Å². The number of para-hydroxylation sites is 1. The van der Waals surface area contributed by atoms with Crippen molar-refractivity contribution in [2.75, 3.05) is 24.2 Å². The van der Waals surface area contributed by atoms with E-state index in [1.165, 1.54) is 0 Å². The van der Waals surface area contributed by atoms with Gasteiger partial charge in [0.1, 0.15) is 0 Å². The van der Waals surface area contributed by atoms with Gasteiger partial charge in [-0.1, -0.05) is 17.7 Å². The van der Waals surface area contributed by atoms with Crippen LogP contribution >= 0.6 is 11.6 Å². The number of nitrogens with two attached hydrogens (primary N) is 1. The summed E-state index contributed by atoms with van der Waals surface area (Å²) in [5.41, 5.74) is 7.11. The molecule has 0 aliphatic carbocycles. The first-order valence-corrected chi connectivity index (χ1v) is 5.96. The van der Waals surface area contributed by atoms with Crippen LogP contribution in [0.3, 0.4) is 0 Å². The molecule has 17 heavy (non-hydrogen) atoms. The monoisotopic (exact) mass is 256 g/mol. The molecule has 0 saturated heterocycles. The molecule has 1 rings (SSSR count). The van der Waals surface area contributed by atoms with E-state index in [0.29, 0.717) is 36.7 Å². The Balaban J connectivity index is 2.31. The van der Waals surface area contributed by atoms with E-state index in [9.17, 15) is 4.79 Å². The molecule has 0 amide bonds. The number of halogens is 1. The number of ether oxygens (including phenoxy) is 1. The standard InChI is InChI=1S/C12H17ClN2O2/c1-2-17-11(16)7-4-8-15-10-6-3-5-9(13)12(10)14/h3,5-6,15H,2,4,7-8,14H2,1H3. The molecule has 1 aromatic carbocycles. The van der Waals surface area contributed by atoms with Crippen molar-refractivity contribution in [1.82, 2.24) is 0 Å². The van der Waals surface area contributed by atoms with Gasteiger partial charge in [-0.2, -0.15) is 0 Å². The molecule has 0 aromatic heterocycles. The van der Waals surface area contributed by atoms with Gasteiger partial charge in [0.15, 0.2) is 0 Å². The highest BCUT2D eigenvalue weighted by molar-refractivity contribution is 6.33. The van der Waals surface area contributed by atoms with Crippen LogP contribution in [0.5, 0.6) is 0 Å². The van der Waals surface area contributed by atoms with Gasteiger partial charge in [0.25, 0.3) is 0 Å². The number of carbonyl (C=O) groups is 1. The molecule has 3 N–H and O–H groups in total. The second kappa shape index (κ2) is 7.01. The Hall–Kier alpha value is -1.42. The lowest BCUT2D eigenvalue weighted by atomic mass is 10.2. The lowest BCUT2D eigenvalue weighted by molar-refractivity contribution is -0.143. The van der Waals surface area contributed by atoms with Crippen LogP contribution < -0.4 is 11.1 Å². The average Bonchev–Trinajstić information content (AvgIpc) is 2.30. The van der Waals surface area contributed by atoms with Crippen molar-refractivity contribution in [1.29, 1.82) is 0 Å². The summed E-state index contributed by atoms with van der Waals surface area (Å²) in [6.07, 6.45) is 1.10. The molecule has 5 heteroatoms. The van der Waals surface area contributed by atoms with Crippen LogP contribution in [0.4, 0.5) is 11.4 Å². The van der Waals surface area contributed by atoms with Crippen molar-refractivity contribution in [3.63, 3.8) is 0 Å². The summed E-state index contributed by atoms with van der Waals surface area (Å²) in [6.45, 7) is 2.87. The zero-order valence-corrected chi connectivity index (χ0v) is 10.6. The van der Waals surface area contributed by atoms with E-state index in [0.717, 1.165) is 5.69 Å². The Morgan fingerprint density at radius 3 is 3.00 bits per heavy atom. The molecule has 0 fully saturated rings. The van der Waals surface area contributed by atoms with Gasteiger partial charge in [-0.15, -0.1) is 0 Å². The molecule has 0 aliphatic rings. The topological polar surface area (TPSA) is 64.3 Å². The number of hydrogen-bond donors (Lipinski definition) is 2. The molecular formula is C12H17ClN2O2. The van der Waals surface area contributed by atoms with Crippen LogP contribution in [0.15, 0.2) is 18.2 Å². The fraction of sp³-hybridized carbons (Fsp3) is 0.417. The summed E-state index contributed by atoms with van der Waals surface area (Å²) in [7, 11) is 0. The van der Waals surface area contributed by atoms with Gasteiger partial charge in [-0.05, 0) is 25.5 Å². The largest absolute Gasteiger partial charge is 0.466 e. The quantitative estimate of drug-likeness (QED) is 0.467. The second-order valence-corrected chi connectivity index (χ2v) is 3.94. The fourth-order valence-electron chi connectivity index (χ4n) is 1.38. The van der Waals surface area contributed by atoms with E-state index in [1.807, 2.05) is 12.1 Å². The number of carbonyl (C=O) groups excluding carboxylic acids is 1. The summed E-state index contributed by atoms with van der Waals surface area (Å²) in [5.74, 6) is -0.173. The molecule has 4 nitrogen and oxygen atoms in total. The van der Waals surface area contributed by atoms with Gasteiger partial charge in [0, 0.05) is 13.0 Å². The molecule has 0 heterocycles. The predicted octanol–water partition coefficient (Wildman–Crippen LogP) is 2.68. The highest BCUT2D eigenvalue weighted by Gasteiger charge is 2.03. The van der Waals surface area contributed by atoms with E-state index in [1.54, 1.807) is 13.0 Å². The van der Waals surface area contributed by atoms with Crippen LogP contribution in [-0.4, -0.2) is 19.1 Å². The molecule has 0 spiro atoms. The van der Waals surface area contributed by atoms with E-state index >= 15 is 0 Å². The first kappa shape index (κ1) is 13.6. The molecule has 0 atom stereocenters. The Kier molecular flexibility index (Phi) is 5.63. The highest BCUT2D eigenvalue weighted by Crippen LogP contribution is 2.26. The summed E-state index contributed by atoms with van der Waals surface area (Å²) < 4.78 is 4.82. The number of esters is 1. The van der Waals surface area contributed by atoms with Crippen molar-refractivity contribution in [3.8, 4) is 0 Å². The lowest BCUT2D eigenvalue weighted by Crippen LogP contribution is -2.09. The summed E-state index contributed by atoms with van der Waals surface area (Å²) >= 11 is 5.88. The van der Waals surface area contributed by atoms with Gasteiger partial charge < -0.3 is 15.8 Å². The molecule has 0 saturated carbocycles. The third-order valence-electron chi connectivity index (χ3n) is 2.23. The van der Waals surface area contributed by atoms with Crippen molar-refractivity contribution in [3.05, 3.63) is 23.2 Å². The van der Waals surface area contributed by atoms with Crippen molar-refractivity contribution >= 4 is 28.9 Å². The number of nitrogens with one attached hydrogen (secondary N) is 1. The van der Waals surface area contributed by atoms with Gasteiger partial charge in [-0.3, -0.25) is 4.79 Å². The normalized spacial score (nSPS) is 10.0. The smallest absolute Gasteiger partial charge is 0.305 e. The molecule has 94 valence electrons. The lowest BCUT2D eigenvalue weighted by Gasteiger charge is -2.09. The average molecular weight is 257 g/mol. The van der Waals surface area contributed by atoms with Gasteiger partial charge >= 0.3 is 5.97 Å². The molecular weight excluding hydrogens is 240 g/mol. The number of nitrogen functional groups attached to an aromatic ring is 1. The molecule has 0 unspecified atom stereocenters. The molecule has 0 aliphatic heterocycles. The molecule has 0 bridgehead atoms. The van der Waals surface area contributed by atoms with Crippen molar-refractivity contribution < 1.29 is 9.53 Å². The summed E-state index contributed by atoms with van der Waals surface area (Å²) in [4.78, 5) is 11.1.